The molecule has 5 heteroatoms. The van der Waals surface area contributed by atoms with Gasteiger partial charge in [-0.15, -0.1) is 0 Å². The number of carbonyl (C=O) groups excluding carboxylic acids is 1. The summed E-state index contributed by atoms with van der Waals surface area (Å²) in [5.74, 6) is 0.129. The molecule has 1 amide bonds. The van der Waals surface area contributed by atoms with E-state index in [-0.39, 0.29) is 5.91 Å². The Balaban J connectivity index is 2.61. The van der Waals surface area contributed by atoms with Crippen LogP contribution >= 0.6 is 0 Å². The van der Waals surface area contributed by atoms with Crippen LogP contribution < -0.4 is 5.32 Å². The lowest BCUT2D eigenvalue weighted by Crippen LogP contribution is -2.42. The molecule has 0 aromatic carbocycles. The first-order chi connectivity index (χ1) is 9.49. The van der Waals surface area contributed by atoms with Gasteiger partial charge in [0.05, 0.1) is 6.54 Å². The van der Waals surface area contributed by atoms with Crippen LogP contribution in [-0.2, 0) is 11.3 Å². The van der Waals surface area contributed by atoms with Crippen LogP contribution in [0.3, 0.4) is 0 Å². The molecule has 1 N–H and O–H groups in total. The first kappa shape index (κ1) is 16.6. The second-order valence-electron chi connectivity index (χ2n) is 5.52. The van der Waals surface area contributed by atoms with Crippen LogP contribution in [0.4, 0.5) is 0 Å². The van der Waals surface area contributed by atoms with E-state index >= 15 is 0 Å². The standard InChI is InChI=1S/C15H26N4O/c1-13(2)17-11-15(20)19(9-8-18(3)4)12-14-6-5-7-16-10-14/h5-7,10,13,17H,8-9,11-12H2,1-4H3. The quantitative estimate of drug-likeness (QED) is 0.770. The zero-order chi connectivity index (χ0) is 15.0. The molecule has 0 atom stereocenters. The van der Waals surface area contributed by atoms with Gasteiger partial charge in [-0.3, -0.25) is 9.78 Å². The van der Waals surface area contributed by atoms with Crippen molar-refractivity contribution < 1.29 is 4.79 Å². The summed E-state index contributed by atoms with van der Waals surface area (Å²) in [6.45, 7) is 6.65. The van der Waals surface area contributed by atoms with Gasteiger partial charge < -0.3 is 15.1 Å². The maximum Gasteiger partial charge on any atom is 0.236 e. The minimum Gasteiger partial charge on any atom is -0.336 e. The van der Waals surface area contributed by atoms with Crippen LogP contribution in [0, 0.1) is 0 Å². The average Bonchev–Trinajstić information content (AvgIpc) is 2.41. The summed E-state index contributed by atoms with van der Waals surface area (Å²) in [7, 11) is 4.03. The molecule has 0 bridgehead atoms. The first-order valence-corrected chi connectivity index (χ1v) is 7.04. The van der Waals surface area contributed by atoms with Crippen molar-refractivity contribution in [3.63, 3.8) is 0 Å². The molecule has 1 rings (SSSR count). The minimum absolute atomic E-state index is 0.129. The number of nitrogens with one attached hydrogen (secondary N) is 1. The van der Waals surface area contributed by atoms with Gasteiger partial charge in [-0.2, -0.15) is 0 Å². The second-order valence-corrected chi connectivity index (χ2v) is 5.52. The summed E-state index contributed by atoms with van der Waals surface area (Å²) in [6.07, 6.45) is 3.56. The van der Waals surface area contributed by atoms with Crippen LogP contribution in [0.1, 0.15) is 19.4 Å². The highest BCUT2D eigenvalue weighted by atomic mass is 16.2. The van der Waals surface area contributed by atoms with E-state index in [1.54, 1.807) is 6.20 Å². The van der Waals surface area contributed by atoms with Gasteiger partial charge in [-0.05, 0) is 25.7 Å². The molecule has 5 nitrogen and oxygen atoms in total. The number of rotatable bonds is 8. The van der Waals surface area contributed by atoms with E-state index in [4.69, 9.17) is 0 Å². The molecule has 0 fully saturated rings. The predicted molar refractivity (Wildman–Crippen MR) is 81.3 cm³/mol. The van der Waals surface area contributed by atoms with Crippen molar-refractivity contribution in [2.24, 2.45) is 0 Å². The van der Waals surface area contributed by atoms with E-state index in [0.717, 1.165) is 18.7 Å². The van der Waals surface area contributed by atoms with Gasteiger partial charge in [0.15, 0.2) is 0 Å². The minimum atomic E-state index is 0.129. The molecule has 0 aliphatic carbocycles. The molecule has 0 unspecified atom stereocenters. The summed E-state index contributed by atoms with van der Waals surface area (Å²) in [6, 6.07) is 4.21. The van der Waals surface area contributed by atoms with Gasteiger partial charge in [0, 0.05) is 38.1 Å². The van der Waals surface area contributed by atoms with Crippen molar-refractivity contribution in [3.8, 4) is 0 Å². The number of aromatic nitrogens is 1. The van der Waals surface area contributed by atoms with Crippen LogP contribution in [0.15, 0.2) is 24.5 Å². The van der Waals surface area contributed by atoms with Crippen molar-refractivity contribution in [2.45, 2.75) is 26.4 Å². The largest absolute Gasteiger partial charge is 0.336 e. The smallest absolute Gasteiger partial charge is 0.236 e. The topological polar surface area (TPSA) is 48.5 Å². The molecule has 112 valence electrons. The molecule has 0 saturated heterocycles. The fourth-order valence-corrected chi connectivity index (χ4v) is 1.73. The van der Waals surface area contributed by atoms with E-state index in [0.29, 0.717) is 19.1 Å². The van der Waals surface area contributed by atoms with Crippen molar-refractivity contribution in [2.75, 3.05) is 33.7 Å². The van der Waals surface area contributed by atoms with Crippen molar-refractivity contribution in [1.29, 1.82) is 0 Å². The van der Waals surface area contributed by atoms with Crippen molar-refractivity contribution in [3.05, 3.63) is 30.1 Å². The zero-order valence-corrected chi connectivity index (χ0v) is 13.0. The maximum absolute atomic E-state index is 12.3. The SMILES string of the molecule is CC(C)NCC(=O)N(CCN(C)C)Cc1cccnc1. The number of nitrogens with zero attached hydrogens (tertiary/aromatic N) is 3. The Labute approximate surface area is 122 Å². The third-order valence-electron chi connectivity index (χ3n) is 2.93. The van der Waals surface area contributed by atoms with E-state index in [1.165, 1.54) is 0 Å². The Morgan fingerprint density at radius 3 is 2.65 bits per heavy atom. The number of hydrogen-bond acceptors (Lipinski definition) is 4. The van der Waals surface area contributed by atoms with Crippen LogP contribution in [0.2, 0.25) is 0 Å². The summed E-state index contributed by atoms with van der Waals surface area (Å²) >= 11 is 0. The van der Waals surface area contributed by atoms with Crippen LogP contribution in [-0.4, -0.2) is 60.5 Å². The second kappa shape index (κ2) is 8.66. The Kier molecular flexibility index (Phi) is 7.18. The van der Waals surface area contributed by atoms with Crippen molar-refractivity contribution in [1.82, 2.24) is 20.1 Å². The molecule has 0 spiro atoms. The number of hydrogen-bond donors (Lipinski definition) is 1. The molecular weight excluding hydrogens is 252 g/mol. The highest BCUT2D eigenvalue weighted by Crippen LogP contribution is 2.03. The van der Waals surface area contributed by atoms with E-state index < -0.39 is 0 Å². The molecule has 0 aliphatic rings. The number of amides is 1. The van der Waals surface area contributed by atoms with Gasteiger partial charge in [-0.25, -0.2) is 0 Å². The summed E-state index contributed by atoms with van der Waals surface area (Å²) in [5.41, 5.74) is 1.06. The van der Waals surface area contributed by atoms with E-state index in [1.807, 2.05) is 51.2 Å². The summed E-state index contributed by atoms with van der Waals surface area (Å²) in [5, 5.41) is 3.18. The summed E-state index contributed by atoms with van der Waals surface area (Å²) < 4.78 is 0. The fraction of sp³-hybridized carbons (Fsp3) is 0.600. The van der Waals surface area contributed by atoms with Gasteiger partial charge in [0.2, 0.25) is 5.91 Å². The maximum atomic E-state index is 12.3. The number of likely N-dealkylation sites (N-methyl/N-ethyl adjacent to an activating group) is 1. The van der Waals surface area contributed by atoms with Gasteiger partial charge in [-0.1, -0.05) is 19.9 Å². The van der Waals surface area contributed by atoms with Crippen LogP contribution in [0.25, 0.3) is 0 Å². The lowest BCUT2D eigenvalue weighted by molar-refractivity contribution is -0.131. The Hall–Kier alpha value is -1.46. The third-order valence-corrected chi connectivity index (χ3v) is 2.93. The number of carbonyl (C=O) groups is 1. The highest BCUT2D eigenvalue weighted by Gasteiger charge is 2.14. The van der Waals surface area contributed by atoms with Gasteiger partial charge in [0.1, 0.15) is 0 Å². The van der Waals surface area contributed by atoms with Gasteiger partial charge >= 0.3 is 0 Å². The third kappa shape index (κ3) is 6.63. The molecule has 0 saturated carbocycles. The Bertz CT molecular complexity index is 392. The van der Waals surface area contributed by atoms with E-state index in [2.05, 4.69) is 15.2 Å². The fourth-order valence-electron chi connectivity index (χ4n) is 1.73. The molecule has 1 aromatic heterocycles. The highest BCUT2D eigenvalue weighted by molar-refractivity contribution is 5.78. The first-order valence-electron chi connectivity index (χ1n) is 7.04. The monoisotopic (exact) mass is 278 g/mol. The van der Waals surface area contributed by atoms with Crippen molar-refractivity contribution >= 4 is 5.91 Å². The lowest BCUT2D eigenvalue weighted by Gasteiger charge is -2.25. The predicted octanol–water partition coefficient (Wildman–Crippen LogP) is 0.970. The molecule has 0 aliphatic heterocycles. The Morgan fingerprint density at radius 1 is 1.35 bits per heavy atom. The molecule has 1 aromatic rings. The molecular formula is C15H26N4O. The normalized spacial score (nSPS) is 11.1. The summed E-state index contributed by atoms with van der Waals surface area (Å²) in [4.78, 5) is 20.4. The lowest BCUT2D eigenvalue weighted by atomic mass is 10.2. The number of pyridine rings is 1. The van der Waals surface area contributed by atoms with Crippen LogP contribution in [0.5, 0.6) is 0 Å². The average molecular weight is 278 g/mol. The molecule has 0 radical (unpaired) electrons. The van der Waals surface area contributed by atoms with E-state index in [9.17, 15) is 4.79 Å². The molecule has 20 heavy (non-hydrogen) atoms. The molecule has 1 heterocycles. The zero-order valence-electron chi connectivity index (χ0n) is 13.0. The van der Waals surface area contributed by atoms with Gasteiger partial charge in [0.25, 0.3) is 0 Å². The Morgan fingerprint density at radius 2 is 2.10 bits per heavy atom.